The van der Waals surface area contributed by atoms with Crippen molar-refractivity contribution in [2.24, 2.45) is 11.8 Å². The van der Waals surface area contributed by atoms with E-state index in [2.05, 4.69) is 31.8 Å². The standard InChI is InChI=1S/C57H76F2N8O7S/c1-38-42-15-14-16-45(34-42)57(58,59)44-22-28-65(29-23-44)26-11-7-5-8-12-27-66-53-48(52(61-38)62-39(2)63-53)35-47(41-24-31-75(72,73)32-25-41)56(66)74-30-13-9-4-3-6-10-17-50(68)60-36-40-18-19-46-43(33-40)37-67(55(46)71)49-20-21-51(69)64-54(49)70/h14-16,18-19,33-35,38,41,44,49,56H,3-13,17,20-32,36-37H2,1-2H3,(H,60,68)(H,61,62,63)(H,64,69,70)/t38-,49?,56?/m1/s1. The van der Waals surface area contributed by atoms with Crippen LogP contribution in [0.3, 0.4) is 0 Å². The van der Waals surface area contributed by atoms with Crippen molar-refractivity contribution in [1.82, 2.24) is 30.4 Å². The third-order valence-electron chi connectivity index (χ3n) is 16.5. The number of amides is 4. The maximum atomic E-state index is 16.2. The summed E-state index contributed by atoms with van der Waals surface area (Å²) in [6.07, 6.45) is 15.1. The van der Waals surface area contributed by atoms with E-state index in [4.69, 9.17) is 14.7 Å². The van der Waals surface area contributed by atoms with Gasteiger partial charge in [0, 0.05) is 62.2 Å². The number of anilines is 2. The summed E-state index contributed by atoms with van der Waals surface area (Å²) in [4.78, 5) is 66.1. The molecule has 18 heteroatoms. The number of benzene rings is 2. The number of sulfone groups is 1. The number of nitrogens with one attached hydrogen (secondary N) is 3. The Morgan fingerprint density at radius 3 is 2.36 bits per heavy atom. The van der Waals surface area contributed by atoms with Crippen LogP contribution in [0.2, 0.25) is 0 Å². The van der Waals surface area contributed by atoms with Crippen LogP contribution in [0.4, 0.5) is 20.4 Å². The van der Waals surface area contributed by atoms with Crippen molar-refractivity contribution in [2.75, 3.05) is 54.5 Å². The quantitative estimate of drug-likeness (QED) is 0.103. The first-order valence-corrected chi connectivity index (χ1v) is 29.6. The highest BCUT2D eigenvalue weighted by atomic mass is 32.2. The second-order valence-electron chi connectivity index (χ2n) is 21.9. The van der Waals surface area contributed by atoms with Gasteiger partial charge in [-0.1, -0.05) is 75.3 Å². The second kappa shape index (κ2) is 24.3. The first-order valence-electron chi connectivity index (χ1n) is 27.8. The van der Waals surface area contributed by atoms with Gasteiger partial charge in [0.1, 0.15) is 33.3 Å². The molecule has 3 atom stereocenters. The first kappa shape index (κ1) is 54.5. The minimum Gasteiger partial charge on any atom is -0.363 e. The lowest BCUT2D eigenvalue weighted by atomic mass is 9.85. The number of piperidine rings is 2. The number of alkyl halides is 2. The molecule has 0 spiro atoms. The van der Waals surface area contributed by atoms with E-state index in [-0.39, 0.29) is 59.7 Å². The summed E-state index contributed by atoms with van der Waals surface area (Å²) < 4.78 is 64.9. The van der Waals surface area contributed by atoms with Crippen LogP contribution in [0.1, 0.15) is 173 Å². The number of hydrogen-bond acceptors (Lipinski definition) is 12. The van der Waals surface area contributed by atoms with Crippen molar-refractivity contribution in [3.63, 3.8) is 0 Å². The van der Waals surface area contributed by atoms with Crippen LogP contribution in [0, 0.1) is 18.8 Å². The molecule has 3 N–H and O–H groups in total. The summed E-state index contributed by atoms with van der Waals surface area (Å²) in [5.74, 6) is -2.50. The Kier molecular flexibility index (Phi) is 17.7. The number of ether oxygens (including phenoxy) is 1. The molecular formula is C57H76F2N8O7S. The van der Waals surface area contributed by atoms with Crippen LogP contribution in [0.25, 0.3) is 6.08 Å². The van der Waals surface area contributed by atoms with Crippen molar-refractivity contribution >= 4 is 51.2 Å². The van der Waals surface area contributed by atoms with Gasteiger partial charge in [-0.2, -0.15) is 0 Å². The normalized spacial score (nSPS) is 25.1. The van der Waals surface area contributed by atoms with E-state index in [0.717, 1.165) is 111 Å². The lowest BCUT2D eigenvalue weighted by Crippen LogP contribution is -2.52. The molecule has 7 aliphatic heterocycles. The highest BCUT2D eigenvalue weighted by Crippen LogP contribution is 2.44. The van der Waals surface area contributed by atoms with Crippen molar-refractivity contribution < 1.29 is 41.1 Å². The lowest BCUT2D eigenvalue weighted by molar-refractivity contribution is -0.137. The van der Waals surface area contributed by atoms with E-state index in [0.29, 0.717) is 88.5 Å². The van der Waals surface area contributed by atoms with E-state index >= 15 is 8.78 Å². The molecule has 0 radical (unpaired) electrons. The van der Waals surface area contributed by atoms with Gasteiger partial charge in [-0.05, 0) is 138 Å². The number of hydrogen-bond donors (Lipinski definition) is 3. The number of fused-ring (bicyclic) bond motifs is 10. The molecule has 0 saturated carbocycles. The number of carbonyl (C=O) groups is 4. The molecule has 1 aromatic heterocycles. The van der Waals surface area contributed by atoms with Gasteiger partial charge in [-0.25, -0.2) is 27.2 Å². The van der Waals surface area contributed by atoms with Crippen LogP contribution >= 0.6 is 0 Å². The number of aryl methyl sites for hydroxylation is 1. The minimum atomic E-state index is -3.14. The van der Waals surface area contributed by atoms with E-state index in [1.54, 1.807) is 24.3 Å². The lowest BCUT2D eigenvalue weighted by Gasteiger charge is -2.42. The number of rotatable bonds is 14. The Hall–Kier alpha value is -5.33. The van der Waals surface area contributed by atoms with Crippen LogP contribution in [-0.4, -0.2) is 108 Å². The van der Waals surface area contributed by atoms with Crippen LogP contribution in [-0.2, 0) is 48.0 Å². The highest BCUT2D eigenvalue weighted by molar-refractivity contribution is 7.91. The van der Waals surface area contributed by atoms with E-state index in [1.807, 2.05) is 32.0 Å². The summed E-state index contributed by atoms with van der Waals surface area (Å²) in [5, 5.41) is 8.95. The van der Waals surface area contributed by atoms with Crippen molar-refractivity contribution in [3.05, 3.63) is 87.2 Å². The predicted molar refractivity (Wildman–Crippen MR) is 284 cm³/mol. The van der Waals surface area contributed by atoms with Gasteiger partial charge in [0.15, 0.2) is 6.23 Å². The van der Waals surface area contributed by atoms with Crippen LogP contribution < -0.4 is 20.9 Å². The number of unbranched alkanes of at least 4 members (excludes halogenated alkanes) is 5. The van der Waals surface area contributed by atoms with E-state index in [1.165, 1.54) is 4.90 Å². The Morgan fingerprint density at radius 2 is 1.59 bits per heavy atom. The summed E-state index contributed by atoms with van der Waals surface area (Å²) in [6, 6.07) is 11.3. The average molecular weight is 1060 g/mol. The van der Waals surface area contributed by atoms with Gasteiger partial charge in [0.2, 0.25) is 17.7 Å². The van der Waals surface area contributed by atoms with Crippen molar-refractivity contribution in [2.45, 2.75) is 167 Å². The van der Waals surface area contributed by atoms with Crippen molar-refractivity contribution in [3.8, 4) is 0 Å². The monoisotopic (exact) mass is 1050 g/mol. The summed E-state index contributed by atoms with van der Waals surface area (Å²) in [6.45, 7) is 7.99. The number of halogens is 2. The second-order valence-corrected chi connectivity index (χ2v) is 24.2. The van der Waals surface area contributed by atoms with Gasteiger partial charge in [0.25, 0.3) is 11.8 Å². The average Bonchev–Trinajstić information content (AvgIpc) is 3.72. The summed E-state index contributed by atoms with van der Waals surface area (Å²) in [5.41, 5.74) is 4.86. The fraction of sp³-hybridized carbons (Fsp3) is 0.614. The number of aromatic nitrogens is 2. The third-order valence-corrected chi connectivity index (χ3v) is 18.2. The molecule has 3 fully saturated rings. The molecule has 8 heterocycles. The molecule has 10 rings (SSSR count). The Labute approximate surface area is 441 Å². The number of carbonyl (C=O) groups excluding carboxylic acids is 4. The zero-order chi connectivity index (χ0) is 52.7. The Bertz CT molecular complexity index is 2700. The minimum absolute atomic E-state index is 0.0198. The molecule has 0 aliphatic carbocycles. The number of imide groups is 1. The molecule has 2 aromatic carbocycles. The molecule has 3 saturated heterocycles. The molecule has 3 aromatic rings. The van der Waals surface area contributed by atoms with Crippen LogP contribution in [0.5, 0.6) is 0 Å². The molecule has 2 unspecified atom stereocenters. The van der Waals surface area contributed by atoms with Crippen molar-refractivity contribution in [1.29, 1.82) is 0 Å². The van der Waals surface area contributed by atoms with Gasteiger partial charge >= 0.3 is 0 Å². The van der Waals surface area contributed by atoms with Gasteiger partial charge in [0.05, 0.1) is 17.1 Å². The maximum absolute atomic E-state index is 16.2. The van der Waals surface area contributed by atoms with Gasteiger partial charge in [-0.15, -0.1) is 0 Å². The molecule has 15 nitrogen and oxygen atoms in total. The smallest absolute Gasteiger partial charge is 0.276 e. The molecule has 7 aliphatic rings. The third kappa shape index (κ3) is 13.3. The molecule has 8 bridgehead atoms. The summed E-state index contributed by atoms with van der Waals surface area (Å²) >= 11 is 0. The maximum Gasteiger partial charge on any atom is 0.276 e. The number of nitrogens with zero attached hydrogens (tertiary/aromatic N) is 5. The zero-order valence-electron chi connectivity index (χ0n) is 43.9. The molecule has 75 heavy (non-hydrogen) atoms. The molecular weight excluding hydrogens is 979 g/mol. The predicted octanol–water partition coefficient (Wildman–Crippen LogP) is 8.91. The fourth-order valence-corrected chi connectivity index (χ4v) is 13.5. The Balaban J connectivity index is 0.809. The van der Waals surface area contributed by atoms with E-state index in [9.17, 15) is 27.6 Å². The Morgan fingerprint density at radius 1 is 0.853 bits per heavy atom. The molecule has 406 valence electrons. The fourth-order valence-electron chi connectivity index (χ4n) is 12.0. The SMILES string of the molecule is Cc1nc2c3c(n1)N(CCCCCCCN1CCC(CC1)C(F)(F)c1cccc(c1)[C@@H](C)N2)C(OCCCCCCCCC(=O)NCc1ccc2c(c1)CN(C1CCC(=O)NC1=O)C2=O)C(C1CCS(=O)(=O)CC1)=C3. The largest absolute Gasteiger partial charge is 0.363 e. The topological polar surface area (TPSA) is 183 Å². The van der Waals surface area contributed by atoms with Gasteiger partial charge < -0.3 is 30.1 Å². The highest BCUT2D eigenvalue weighted by Gasteiger charge is 2.44. The van der Waals surface area contributed by atoms with Crippen LogP contribution in [0.15, 0.2) is 48.0 Å². The van der Waals surface area contributed by atoms with Gasteiger partial charge in [-0.3, -0.25) is 24.5 Å². The first-order chi connectivity index (χ1) is 36.1. The summed E-state index contributed by atoms with van der Waals surface area (Å²) in [7, 11) is -3.14. The zero-order valence-corrected chi connectivity index (χ0v) is 44.7. The van der Waals surface area contributed by atoms with E-state index < -0.39 is 39.9 Å². The molecule has 4 amide bonds.